The van der Waals surface area contributed by atoms with Crippen molar-refractivity contribution >= 4 is 0 Å². The first-order chi connectivity index (χ1) is 8.83. The normalized spacial score (nSPS) is 11.1. The van der Waals surface area contributed by atoms with Crippen molar-refractivity contribution in [1.29, 1.82) is 0 Å². The summed E-state index contributed by atoms with van der Waals surface area (Å²) in [5.74, 6) is 1.90. The molecule has 0 aromatic carbocycles. The summed E-state index contributed by atoms with van der Waals surface area (Å²) in [5.41, 5.74) is 5.67. The van der Waals surface area contributed by atoms with Crippen molar-refractivity contribution in [2.75, 3.05) is 13.7 Å². The molecule has 1 heterocycles. The fourth-order valence-electron chi connectivity index (χ4n) is 2.04. The van der Waals surface area contributed by atoms with Crippen LogP contribution in [0.2, 0.25) is 0 Å². The number of nitrogens with two attached hydrogens (primary N) is 1. The van der Waals surface area contributed by atoms with Gasteiger partial charge in [0.15, 0.2) is 0 Å². The number of methoxy groups -OCH3 is 1. The fraction of sp³-hybridized carbons (Fsp3) is 0.846. The molecule has 0 atom stereocenters. The molecule has 0 fully saturated rings. The average molecular weight is 254 g/mol. The molecule has 1 rings (SSSR count). The average Bonchev–Trinajstić information content (AvgIpc) is 2.78. The number of rotatable bonds is 10. The first kappa shape index (κ1) is 15.1. The third-order valence-corrected chi connectivity index (χ3v) is 3.11. The summed E-state index contributed by atoms with van der Waals surface area (Å²) in [6, 6.07) is 0. The van der Waals surface area contributed by atoms with Crippen LogP contribution in [0.5, 0.6) is 0 Å². The molecule has 0 saturated heterocycles. The Morgan fingerprint density at radius 2 is 1.83 bits per heavy atom. The molecule has 0 aliphatic heterocycles. The third-order valence-electron chi connectivity index (χ3n) is 3.11. The highest BCUT2D eigenvalue weighted by atomic mass is 16.5. The summed E-state index contributed by atoms with van der Waals surface area (Å²) in [6.45, 7) is 4.13. The summed E-state index contributed by atoms with van der Waals surface area (Å²) in [5, 5.41) is 8.37. The predicted molar refractivity (Wildman–Crippen MR) is 72.3 cm³/mol. The Labute approximate surface area is 110 Å². The molecule has 5 heteroatoms. The van der Waals surface area contributed by atoms with Crippen molar-refractivity contribution < 1.29 is 4.74 Å². The summed E-state index contributed by atoms with van der Waals surface area (Å²) in [4.78, 5) is 0. The van der Waals surface area contributed by atoms with Gasteiger partial charge in [0.25, 0.3) is 0 Å². The second kappa shape index (κ2) is 9.05. The van der Waals surface area contributed by atoms with Gasteiger partial charge < -0.3 is 15.0 Å². The molecule has 1 aromatic rings. The SMILES string of the molecule is CCCCCCCc1nnc(CN)n1CCOC. The zero-order valence-electron chi connectivity index (χ0n) is 11.7. The van der Waals surface area contributed by atoms with E-state index in [1.165, 1.54) is 32.1 Å². The molecule has 0 radical (unpaired) electrons. The number of ether oxygens (including phenoxy) is 1. The molecular weight excluding hydrogens is 228 g/mol. The molecule has 0 unspecified atom stereocenters. The first-order valence-electron chi connectivity index (χ1n) is 6.93. The van der Waals surface area contributed by atoms with Gasteiger partial charge in [-0.3, -0.25) is 0 Å². The lowest BCUT2D eigenvalue weighted by Gasteiger charge is -2.08. The quantitative estimate of drug-likeness (QED) is 0.648. The van der Waals surface area contributed by atoms with E-state index in [1.807, 2.05) is 0 Å². The van der Waals surface area contributed by atoms with Crippen LogP contribution in [0.4, 0.5) is 0 Å². The van der Waals surface area contributed by atoms with Crippen molar-refractivity contribution in [3.05, 3.63) is 11.6 Å². The largest absolute Gasteiger partial charge is 0.383 e. The minimum absolute atomic E-state index is 0.437. The fourth-order valence-corrected chi connectivity index (χ4v) is 2.04. The summed E-state index contributed by atoms with van der Waals surface area (Å²) < 4.78 is 7.21. The molecule has 0 spiro atoms. The lowest BCUT2D eigenvalue weighted by Crippen LogP contribution is -2.14. The van der Waals surface area contributed by atoms with E-state index < -0.39 is 0 Å². The third kappa shape index (κ3) is 4.74. The second-order valence-corrected chi connectivity index (χ2v) is 4.55. The van der Waals surface area contributed by atoms with Gasteiger partial charge >= 0.3 is 0 Å². The van der Waals surface area contributed by atoms with Gasteiger partial charge in [0, 0.05) is 20.1 Å². The van der Waals surface area contributed by atoms with E-state index in [9.17, 15) is 0 Å². The van der Waals surface area contributed by atoms with Crippen LogP contribution in [0.1, 0.15) is 50.7 Å². The number of aryl methyl sites for hydroxylation is 1. The van der Waals surface area contributed by atoms with Crippen molar-refractivity contribution in [3.63, 3.8) is 0 Å². The molecule has 0 aliphatic rings. The lowest BCUT2D eigenvalue weighted by molar-refractivity contribution is 0.185. The maximum absolute atomic E-state index is 5.67. The minimum Gasteiger partial charge on any atom is -0.383 e. The van der Waals surface area contributed by atoms with Gasteiger partial charge in [-0.15, -0.1) is 10.2 Å². The van der Waals surface area contributed by atoms with Gasteiger partial charge in [0.1, 0.15) is 11.6 Å². The van der Waals surface area contributed by atoms with Gasteiger partial charge in [0.2, 0.25) is 0 Å². The molecule has 5 nitrogen and oxygen atoms in total. The first-order valence-corrected chi connectivity index (χ1v) is 6.93. The van der Waals surface area contributed by atoms with Crippen LogP contribution in [0.15, 0.2) is 0 Å². The zero-order chi connectivity index (χ0) is 13.2. The van der Waals surface area contributed by atoms with Gasteiger partial charge in [-0.05, 0) is 6.42 Å². The van der Waals surface area contributed by atoms with E-state index in [2.05, 4.69) is 21.7 Å². The van der Waals surface area contributed by atoms with E-state index in [1.54, 1.807) is 7.11 Å². The molecule has 18 heavy (non-hydrogen) atoms. The van der Waals surface area contributed by atoms with E-state index in [0.29, 0.717) is 13.2 Å². The molecule has 0 aliphatic carbocycles. The topological polar surface area (TPSA) is 66.0 Å². The van der Waals surface area contributed by atoms with E-state index in [0.717, 1.165) is 24.6 Å². The summed E-state index contributed by atoms with van der Waals surface area (Å²) >= 11 is 0. The van der Waals surface area contributed by atoms with E-state index >= 15 is 0 Å². The van der Waals surface area contributed by atoms with Crippen LogP contribution in [-0.2, 0) is 24.2 Å². The highest BCUT2D eigenvalue weighted by Gasteiger charge is 2.09. The Morgan fingerprint density at radius 3 is 2.50 bits per heavy atom. The molecule has 0 bridgehead atoms. The van der Waals surface area contributed by atoms with E-state index in [4.69, 9.17) is 10.5 Å². The summed E-state index contributed by atoms with van der Waals surface area (Å²) in [7, 11) is 1.71. The number of hydrogen-bond acceptors (Lipinski definition) is 4. The van der Waals surface area contributed by atoms with Crippen LogP contribution < -0.4 is 5.73 Å². The Hall–Kier alpha value is -0.940. The van der Waals surface area contributed by atoms with Crippen molar-refractivity contribution in [2.24, 2.45) is 5.73 Å². The smallest absolute Gasteiger partial charge is 0.146 e. The van der Waals surface area contributed by atoms with Crippen LogP contribution in [0.3, 0.4) is 0 Å². The molecule has 2 N–H and O–H groups in total. The number of nitrogens with zero attached hydrogens (tertiary/aromatic N) is 3. The Kier molecular flexibility index (Phi) is 7.60. The molecule has 0 amide bonds. The monoisotopic (exact) mass is 254 g/mol. The summed E-state index contributed by atoms with van der Waals surface area (Å²) in [6.07, 6.45) is 7.34. The Morgan fingerprint density at radius 1 is 1.11 bits per heavy atom. The van der Waals surface area contributed by atoms with Gasteiger partial charge in [-0.25, -0.2) is 0 Å². The molecule has 0 saturated carbocycles. The van der Waals surface area contributed by atoms with Crippen LogP contribution in [0, 0.1) is 0 Å². The second-order valence-electron chi connectivity index (χ2n) is 4.55. The maximum atomic E-state index is 5.67. The zero-order valence-corrected chi connectivity index (χ0v) is 11.7. The van der Waals surface area contributed by atoms with Crippen molar-refractivity contribution in [1.82, 2.24) is 14.8 Å². The van der Waals surface area contributed by atoms with Gasteiger partial charge in [-0.1, -0.05) is 32.6 Å². The number of hydrogen-bond donors (Lipinski definition) is 1. The van der Waals surface area contributed by atoms with E-state index in [-0.39, 0.29) is 0 Å². The van der Waals surface area contributed by atoms with Crippen LogP contribution in [0.25, 0.3) is 0 Å². The molecule has 104 valence electrons. The highest BCUT2D eigenvalue weighted by molar-refractivity contribution is 4.96. The minimum atomic E-state index is 0.437. The maximum Gasteiger partial charge on any atom is 0.146 e. The lowest BCUT2D eigenvalue weighted by atomic mass is 10.1. The van der Waals surface area contributed by atoms with Crippen LogP contribution in [-0.4, -0.2) is 28.5 Å². The Bertz CT molecular complexity index is 325. The Balaban J connectivity index is 2.45. The van der Waals surface area contributed by atoms with Crippen LogP contribution >= 0.6 is 0 Å². The predicted octanol–water partition coefficient (Wildman–Crippen LogP) is 1.90. The molecule has 1 aromatic heterocycles. The standard InChI is InChI=1S/C13H26N4O/c1-3-4-5-6-7-8-12-15-16-13(11-14)17(12)9-10-18-2/h3-11,14H2,1-2H3. The van der Waals surface area contributed by atoms with Crippen molar-refractivity contribution in [3.8, 4) is 0 Å². The van der Waals surface area contributed by atoms with Crippen molar-refractivity contribution in [2.45, 2.75) is 58.5 Å². The number of unbranched alkanes of at least 4 members (excludes halogenated alkanes) is 4. The highest BCUT2D eigenvalue weighted by Crippen LogP contribution is 2.09. The van der Waals surface area contributed by atoms with Gasteiger partial charge in [-0.2, -0.15) is 0 Å². The number of aromatic nitrogens is 3. The van der Waals surface area contributed by atoms with Gasteiger partial charge in [0.05, 0.1) is 13.2 Å². The molecular formula is C13H26N4O.